The predicted octanol–water partition coefficient (Wildman–Crippen LogP) is 2.56. The molecule has 1 aromatic heterocycles. The molecule has 1 aromatic carbocycles. The number of nitrogens with zero attached hydrogens (tertiary/aromatic N) is 1. The summed E-state index contributed by atoms with van der Waals surface area (Å²) in [4.78, 5) is 0. The lowest BCUT2D eigenvalue weighted by atomic mass is 10.1. The number of nitrogens with one attached hydrogen (secondary N) is 1. The van der Waals surface area contributed by atoms with E-state index in [1.165, 1.54) is 0 Å². The molecule has 0 atom stereocenters. The first-order valence-corrected chi connectivity index (χ1v) is 4.73. The summed E-state index contributed by atoms with van der Waals surface area (Å²) in [5.41, 5.74) is 6.31. The number of H-pyrrole nitrogens is 1. The van der Waals surface area contributed by atoms with Crippen LogP contribution < -0.4 is 5.73 Å². The molecule has 2 aromatic rings. The lowest BCUT2D eigenvalue weighted by molar-refractivity contribution is 0.636. The molecular formula is C9H7BrFN3. The zero-order valence-electron chi connectivity index (χ0n) is 7.09. The summed E-state index contributed by atoms with van der Waals surface area (Å²) in [5, 5.41) is 6.13. The van der Waals surface area contributed by atoms with Crippen molar-refractivity contribution in [3.63, 3.8) is 0 Å². The van der Waals surface area contributed by atoms with Crippen molar-refractivity contribution >= 4 is 21.7 Å². The summed E-state index contributed by atoms with van der Waals surface area (Å²) in [6.45, 7) is 0. The average molecular weight is 256 g/mol. The zero-order valence-corrected chi connectivity index (χ0v) is 8.68. The van der Waals surface area contributed by atoms with Gasteiger partial charge in [0, 0.05) is 10.0 Å². The second-order valence-electron chi connectivity index (χ2n) is 2.80. The van der Waals surface area contributed by atoms with Gasteiger partial charge in [-0.1, -0.05) is 28.1 Å². The van der Waals surface area contributed by atoms with Crippen LogP contribution in [-0.4, -0.2) is 10.2 Å². The van der Waals surface area contributed by atoms with Gasteiger partial charge in [-0.3, -0.25) is 5.10 Å². The van der Waals surface area contributed by atoms with Crippen LogP contribution in [0.15, 0.2) is 28.7 Å². The van der Waals surface area contributed by atoms with Gasteiger partial charge in [0.1, 0.15) is 5.69 Å². The Kier molecular flexibility index (Phi) is 2.25. The second kappa shape index (κ2) is 3.42. The van der Waals surface area contributed by atoms with Crippen molar-refractivity contribution < 1.29 is 4.39 Å². The number of rotatable bonds is 1. The van der Waals surface area contributed by atoms with Crippen molar-refractivity contribution in [2.24, 2.45) is 0 Å². The molecule has 0 spiro atoms. The first kappa shape index (κ1) is 9.21. The minimum Gasteiger partial charge on any atom is -0.380 e. The smallest absolute Gasteiger partial charge is 0.192 e. The lowest BCUT2D eigenvalue weighted by Crippen LogP contribution is -1.87. The van der Waals surface area contributed by atoms with E-state index in [1.54, 1.807) is 12.1 Å². The van der Waals surface area contributed by atoms with Gasteiger partial charge in [-0.2, -0.15) is 5.10 Å². The molecular weight excluding hydrogens is 249 g/mol. The molecule has 0 bridgehead atoms. The minimum atomic E-state index is -0.507. The van der Waals surface area contributed by atoms with E-state index in [0.29, 0.717) is 5.69 Å². The topological polar surface area (TPSA) is 54.7 Å². The third-order valence-corrected chi connectivity index (χ3v) is 2.39. The molecule has 0 radical (unpaired) electrons. The third kappa shape index (κ3) is 1.50. The highest BCUT2D eigenvalue weighted by Crippen LogP contribution is 2.24. The number of anilines is 1. The molecule has 0 saturated heterocycles. The van der Waals surface area contributed by atoms with Crippen LogP contribution in [0, 0.1) is 5.82 Å². The predicted molar refractivity (Wildman–Crippen MR) is 56.1 cm³/mol. The average Bonchev–Trinajstić information content (AvgIpc) is 2.50. The van der Waals surface area contributed by atoms with Gasteiger partial charge in [-0.15, -0.1) is 0 Å². The normalized spacial score (nSPS) is 10.4. The number of hydrogen-bond acceptors (Lipinski definition) is 2. The van der Waals surface area contributed by atoms with E-state index in [1.807, 2.05) is 12.1 Å². The standard InChI is InChI=1S/C9H7BrFN3/c10-6-3-1-5(2-4-6)8-7(11)9(12)14-13-8/h1-4H,(H3,12,13,14). The molecule has 0 saturated carbocycles. The molecule has 72 valence electrons. The molecule has 5 heteroatoms. The Hall–Kier alpha value is -1.36. The van der Waals surface area contributed by atoms with E-state index < -0.39 is 5.82 Å². The Morgan fingerprint density at radius 1 is 1.29 bits per heavy atom. The summed E-state index contributed by atoms with van der Waals surface area (Å²) in [7, 11) is 0. The van der Waals surface area contributed by atoms with E-state index in [-0.39, 0.29) is 5.82 Å². The lowest BCUT2D eigenvalue weighted by Gasteiger charge is -1.97. The highest BCUT2D eigenvalue weighted by Gasteiger charge is 2.11. The van der Waals surface area contributed by atoms with Crippen LogP contribution in [0.4, 0.5) is 10.2 Å². The number of nitrogens with two attached hydrogens (primary N) is 1. The summed E-state index contributed by atoms with van der Waals surface area (Å²) in [5.74, 6) is -0.616. The van der Waals surface area contributed by atoms with Gasteiger partial charge in [0.2, 0.25) is 0 Å². The Bertz CT molecular complexity index is 450. The largest absolute Gasteiger partial charge is 0.380 e. The molecule has 0 aliphatic heterocycles. The fourth-order valence-electron chi connectivity index (χ4n) is 1.15. The number of hydrogen-bond donors (Lipinski definition) is 2. The van der Waals surface area contributed by atoms with Gasteiger partial charge in [0.25, 0.3) is 0 Å². The molecule has 0 aliphatic rings. The number of aromatic nitrogens is 2. The highest BCUT2D eigenvalue weighted by atomic mass is 79.9. The van der Waals surface area contributed by atoms with Crippen LogP contribution in [0.1, 0.15) is 0 Å². The molecule has 0 unspecified atom stereocenters. The molecule has 0 amide bonds. The van der Waals surface area contributed by atoms with Crippen LogP contribution >= 0.6 is 15.9 Å². The van der Waals surface area contributed by atoms with Crippen LogP contribution in [0.3, 0.4) is 0 Å². The number of nitrogen functional groups attached to an aromatic ring is 1. The maximum Gasteiger partial charge on any atom is 0.192 e. The Morgan fingerprint density at radius 2 is 1.93 bits per heavy atom. The fraction of sp³-hybridized carbons (Fsp3) is 0. The van der Waals surface area contributed by atoms with Crippen LogP contribution in [0.5, 0.6) is 0 Å². The zero-order chi connectivity index (χ0) is 10.1. The molecule has 0 aliphatic carbocycles. The van der Waals surface area contributed by atoms with Crippen molar-refractivity contribution in [1.82, 2.24) is 10.2 Å². The summed E-state index contributed by atoms with van der Waals surface area (Å²) < 4.78 is 14.3. The van der Waals surface area contributed by atoms with Crippen molar-refractivity contribution in [2.45, 2.75) is 0 Å². The summed E-state index contributed by atoms with van der Waals surface area (Å²) >= 11 is 3.30. The number of benzene rings is 1. The number of aromatic amines is 1. The van der Waals surface area contributed by atoms with Crippen molar-refractivity contribution in [2.75, 3.05) is 5.73 Å². The first-order valence-electron chi connectivity index (χ1n) is 3.94. The summed E-state index contributed by atoms with van der Waals surface area (Å²) in [6, 6.07) is 7.21. The van der Waals surface area contributed by atoms with Gasteiger partial charge in [0.05, 0.1) is 0 Å². The van der Waals surface area contributed by atoms with Crippen molar-refractivity contribution in [3.8, 4) is 11.3 Å². The van der Waals surface area contributed by atoms with E-state index in [0.717, 1.165) is 10.0 Å². The second-order valence-corrected chi connectivity index (χ2v) is 3.72. The molecule has 2 rings (SSSR count). The van der Waals surface area contributed by atoms with Gasteiger partial charge >= 0.3 is 0 Å². The Labute approximate surface area is 88.3 Å². The fourth-order valence-corrected chi connectivity index (χ4v) is 1.41. The Balaban J connectivity index is 2.49. The molecule has 0 fully saturated rings. The quantitative estimate of drug-likeness (QED) is 0.823. The molecule has 3 nitrogen and oxygen atoms in total. The highest BCUT2D eigenvalue weighted by molar-refractivity contribution is 9.10. The van der Waals surface area contributed by atoms with E-state index in [9.17, 15) is 4.39 Å². The Morgan fingerprint density at radius 3 is 2.43 bits per heavy atom. The van der Waals surface area contributed by atoms with E-state index >= 15 is 0 Å². The van der Waals surface area contributed by atoms with Gasteiger partial charge < -0.3 is 5.73 Å². The minimum absolute atomic E-state index is 0.108. The van der Waals surface area contributed by atoms with E-state index in [4.69, 9.17) is 5.73 Å². The van der Waals surface area contributed by atoms with Gasteiger partial charge in [0.15, 0.2) is 11.6 Å². The van der Waals surface area contributed by atoms with Crippen molar-refractivity contribution in [1.29, 1.82) is 0 Å². The first-order chi connectivity index (χ1) is 6.68. The van der Waals surface area contributed by atoms with Gasteiger partial charge in [-0.25, -0.2) is 4.39 Å². The molecule has 1 heterocycles. The SMILES string of the molecule is Nc1n[nH]c(-c2ccc(Br)cc2)c1F. The van der Waals surface area contributed by atoms with E-state index in [2.05, 4.69) is 26.1 Å². The van der Waals surface area contributed by atoms with Crippen LogP contribution in [0.2, 0.25) is 0 Å². The monoisotopic (exact) mass is 255 g/mol. The molecule has 3 N–H and O–H groups in total. The van der Waals surface area contributed by atoms with Gasteiger partial charge in [-0.05, 0) is 12.1 Å². The summed E-state index contributed by atoms with van der Waals surface area (Å²) in [6.07, 6.45) is 0. The third-order valence-electron chi connectivity index (χ3n) is 1.87. The molecule has 14 heavy (non-hydrogen) atoms. The number of halogens is 2. The van der Waals surface area contributed by atoms with Crippen LogP contribution in [0.25, 0.3) is 11.3 Å². The maximum atomic E-state index is 13.3. The van der Waals surface area contributed by atoms with Crippen molar-refractivity contribution in [3.05, 3.63) is 34.6 Å². The van der Waals surface area contributed by atoms with Crippen LogP contribution in [-0.2, 0) is 0 Å². The maximum absolute atomic E-state index is 13.3.